The summed E-state index contributed by atoms with van der Waals surface area (Å²) in [5.41, 5.74) is 9.08. The van der Waals surface area contributed by atoms with Crippen LogP contribution in [-0.4, -0.2) is 20.7 Å². The lowest BCUT2D eigenvalue weighted by Gasteiger charge is -2.12. The second-order valence-electron chi connectivity index (χ2n) is 3.61. The minimum Gasteiger partial charge on any atom is -0.383 e. The average Bonchev–Trinajstić information content (AvgIpc) is 2.70. The molecule has 19 heavy (non-hydrogen) atoms. The summed E-state index contributed by atoms with van der Waals surface area (Å²) < 4.78 is 39.3. The van der Waals surface area contributed by atoms with E-state index in [0.29, 0.717) is 0 Å². The van der Waals surface area contributed by atoms with Crippen LogP contribution in [0.25, 0.3) is 5.69 Å². The van der Waals surface area contributed by atoms with Crippen LogP contribution in [0.4, 0.5) is 19.0 Å². The standard InChI is InChI=1S/C10H8F3N5O/c11-10(12,13)6-1-2-16-4-7(6)18-8(14)5(3-17-18)9(15)19/h1-4H,14H2,(H2,15,19). The number of pyridine rings is 1. The lowest BCUT2D eigenvalue weighted by molar-refractivity contribution is -0.137. The first-order valence-corrected chi connectivity index (χ1v) is 4.97. The number of nitrogen functional groups attached to an aromatic ring is 1. The molecule has 0 saturated heterocycles. The number of carbonyl (C=O) groups excluding carboxylic acids is 1. The summed E-state index contributed by atoms with van der Waals surface area (Å²) in [4.78, 5) is 14.6. The molecule has 2 aromatic heterocycles. The molecule has 0 aliphatic carbocycles. The molecular weight excluding hydrogens is 263 g/mol. The van der Waals surface area contributed by atoms with Crippen molar-refractivity contribution in [3.05, 3.63) is 35.8 Å². The number of anilines is 1. The molecule has 0 atom stereocenters. The highest BCUT2D eigenvalue weighted by atomic mass is 19.4. The molecule has 0 unspecified atom stereocenters. The Morgan fingerprint density at radius 3 is 2.53 bits per heavy atom. The van der Waals surface area contributed by atoms with Gasteiger partial charge in [0, 0.05) is 6.20 Å². The second-order valence-corrected chi connectivity index (χ2v) is 3.61. The van der Waals surface area contributed by atoms with Crippen LogP contribution in [0.5, 0.6) is 0 Å². The molecule has 0 aliphatic heterocycles. The summed E-state index contributed by atoms with van der Waals surface area (Å²) in [6, 6.07) is 0.792. The number of aromatic nitrogens is 3. The minimum absolute atomic E-state index is 0.156. The number of carbonyl (C=O) groups is 1. The Labute approximate surface area is 104 Å². The van der Waals surface area contributed by atoms with E-state index in [9.17, 15) is 18.0 Å². The first-order valence-electron chi connectivity index (χ1n) is 4.97. The molecule has 4 N–H and O–H groups in total. The summed E-state index contributed by atoms with van der Waals surface area (Å²) in [6.07, 6.45) is -1.63. The molecule has 2 heterocycles. The number of hydrogen-bond donors (Lipinski definition) is 2. The van der Waals surface area contributed by atoms with Crippen LogP contribution in [0.3, 0.4) is 0 Å². The summed E-state index contributed by atoms with van der Waals surface area (Å²) in [6.45, 7) is 0. The minimum atomic E-state index is -4.59. The van der Waals surface area contributed by atoms with E-state index in [1.54, 1.807) is 0 Å². The number of amides is 1. The summed E-state index contributed by atoms with van der Waals surface area (Å²) in [5, 5.41) is 3.63. The van der Waals surface area contributed by atoms with Gasteiger partial charge in [-0.1, -0.05) is 0 Å². The van der Waals surface area contributed by atoms with E-state index in [1.807, 2.05) is 0 Å². The summed E-state index contributed by atoms with van der Waals surface area (Å²) in [5.74, 6) is -1.15. The van der Waals surface area contributed by atoms with Gasteiger partial charge in [-0.25, -0.2) is 4.68 Å². The van der Waals surface area contributed by atoms with Crippen molar-refractivity contribution in [3.63, 3.8) is 0 Å². The topological polar surface area (TPSA) is 99.8 Å². The fraction of sp³-hybridized carbons (Fsp3) is 0.100. The molecule has 0 aromatic carbocycles. The first kappa shape index (κ1) is 12.9. The highest BCUT2D eigenvalue weighted by Gasteiger charge is 2.34. The van der Waals surface area contributed by atoms with Crippen LogP contribution in [0.15, 0.2) is 24.7 Å². The maximum Gasteiger partial charge on any atom is 0.418 e. The molecule has 6 nitrogen and oxygen atoms in total. The van der Waals surface area contributed by atoms with E-state index in [-0.39, 0.29) is 17.1 Å². The Kier molecular flexibility index (Phi) is 2.89. The number of primary amides is 1. The molecule has 2 aromatic rings. The van der Waals surface area contributed by atoms with Gasteiger partial charge in [-0.2, -0.15) is 18.3 Å². The van der Waals surface area contributed by atoms with Crippen molar-refractivity contribution in [1.29, 1.82) is 0 Å². The van der Waals surface area contributed by atoms with Gasteiger partial charge in [-0.3, -0.25) is 9.78 Å². The molecule has 9 heteroatoms. The van der Waals surface area contributed by atoms with Crippen molar-refractivity contribution in [2.75, 3.05) is 5.73 Å². The number of alkyl halides is 3. The molecule has 0 aliphatic rings. The predicted octanol–water partition coefficient (Wildman–Crippen LogP) is 0.967. The van der Waals surface area contributed by atoms with E-state index >= 15 is 0 Å². The van der Waals surface area contributed by atoms with Crippen LogP contribution in [0.1, 0.15) is 15.9 Å². The molecule has 0 spiro atoms. The molecule has 2 rings (SSSR count). The van der Waals surface area contributed by atoms with E-state index in [2.05, 4.69) is 10.1 Å². The molecule has 100 valence electrons. The molecule has 0 radical (unpaired) electrons. The van der Waals surface area contributed by atoms with Crippen molar-refractivity contribution in [1.82, 2.24) is 14.8 Å². The molecular formula is C10H8F3N5O. The fourth-order valence-corrected chi connectivity index (χ4v) is 1.53. The van der Waals surface area contributed by atoms with Gasteiger partial charge in [0.15, 0.2) is 0 Å². The largest absolute Gasteiger partial charge is 0.418 e. The zero-order chi connectivity index (χ0) is 14.2. The monoisotopic (exact) mass is 271 g/mol. The van der Waals surface area contributed by atoms with Crippen LogP contribution < -0.4 is 11.5 Å². The zero-order valence-corrected chi connectivity index (χ0v) is 9.35. The number of halogens is 3. The smallest absolute Gasteiger partial charge is 0.383 e. The SMILES string of the molecule is NC(=O)c1cnn(-c2cnccc2C(F)(F)F)c1N. The van der Waals surface area contributed by atoms with Crippen LogP contribution in [0, 0.1) is 0 Å². The maximum absolute atomic E-state index is 12.8. The Morgan fingerprint density at radius 2 is 2.00 bits per heavy atom. The third-order valence-electron chi connectivity index (χ3n) is 2.41. The van der Waals surface area contributed by atoms with Crippen molar-refractivity contribution < 1.29 is 18.0 Å². The third kappa shape index (κ3) is 2.21. The number of nitrogens with two attached hydrogens (primary N) is 2. The Hall–Kier alpha value is -2.58. The molecule has 0 bridgehead atoms. The van der Waals surface area contributed by atoms with Gasteiger partial charge in [-0.15, -0.1) is 0 Å². The Morgan fingerprint density at radius 1 is 1.32 bits per heavy atom. The molecule has 0 fully saturated rings. The van der Waals surface area contributed by atoms with Gasteiger partial charge in [0.1, 0.15) is 11.4 Å². The van der Waals surface area contributed by atoms with Gasteiger partial charge in [0.25, 0.3) is 5.91 Å². The molecule has 0 saturated carbocycles. The van der Waals surface area contributed by atoms with Crippen molar-refractivity contribution >= 4 is 11.7 Å². The normalized spacial score (nSPS) is 11.5. The van der Waals surface area contributed by atoms with Crippen LogP contribution >= 0.6 is 0 Å². The highest BCUT2D eigenvalue weighted by Crippen LogP contribution is 2.34. The Bertz CT molecular complexity index is 634. The van der Waals surface area contributed by atoms with E-state index in [1.165, 1.54) is 0 Å². The maximum atomic E-state index is 12.8. The van der Waals surface area contributed by atoms with Crippen molar-refractivity contribution in [3.8, 4) is 5.69 Å². The van der Waals surface area contributed by atoms with Crippen molar-refractivity contribution in [2.24, 2.45) is 5.73 Å². The van der Waals surface area contributed by atoms with E-state index < -0.39 is 17.6 Å². The Balaban J connectivity index is 2.64. The van der Waals surface area contributed by atoms with E-state index in [0.717, 1.165) is 29.3 Å². The van der Waals surface area contributed by atoms with Gasteiger partial charge in [0.05, 0.1) is 23.6 Å². The lowest BCUT2D eigenvalue weighted by Crippen LogP contribution is -2.15. The average molecular weight is 271 g/mol. The first-order chi connectivity index (χ1) is 8.82. The number of hydrogen-bond acceptors (Lipinski definition) is 4. The predicted molar refractivity (Wildman–Crippen MR) is 59.3 cm³/mol. The second kappa shape index (κ2) is 4.26. The van der Waals surface area contributed by atoms with Crippen molar-refractivity contribution in [2.45, 2.75) is 6.18 Å². The quantitative estimate of drug-likeness (QED) is 0.849. The zero-order valence-electron chi connectivity index (χ0n) is 9.35. The van der Waals surface area contributed by atoms with Crippen LogP contribution in [-0.2, 0) is 6.18 Å². The van der Waals surface area contributed by atoms with Crippen LogP contribution in [0.2, 0.25) is 0 Å². The van der Waals surface area contributed by atoms with Gasteiger partial charge < -0.3 is 11.5 Å². The lowest BCUT2D eigenvalue weighted by atomic mass is 10.2. The number of nitrogens with zero attached hydrogens (tertiary/aromatic N) is 3. The van der Waals surface area contributed by atoms with E-state index in [4.69, 9.17) is 11.5 Å². The summed E-state index contributed by atoms with van der Waals surface area (Å²) in [7, 11) is 0. The van der Waals surface area contributed by atoms with Gasteiger partial charge in [0.2, 0.25) is 0 Å². The fourth-order valence-electron chi connectivity index (χ4n) is 1.53. The number of rotatable bonds is 2. The highest BCUT2D eigenvalue weighted by molar-refractivity contribution is 5.97. The van der Waals surface area contributed by atoms with Gasteiger partial charge >= 0.3 is 6.18 Å². The summed E-state index contributed by atoms with van der Waals surface area (Å²) >= 11 is 0. The van der Waals surface area contributed by atoms with Gasteiger partial charge in [-0.05, 0) is 6.07 Å². The molecule has 1 amide bonds. The third-order valence-corrected chi connectivity index (χ3v) is 2.41.